The Kier molecular flexibility index (Phi) is 4.06. The molecule has 1 aliphatic rings. The van der Waals surface area contributed by atoms with Gasteiger partial charge in [-0.1, -0.05) is 5.21 Å². The highest BCUT2D eigenvalue weighted by molar-refractivity contribution is 5.90. The van der Waals surface area contributed by atoms with Gasteiger partial charge in [0.2, 0.25) is 0 Å². The van der Waals surface area contributed by atoms with E-state index in [4.69, 9.17) is 10.4 Å². The van der Waals surface area contributed by atoms with E-state index in [1.165, 1.54) is 21.7 Å². The molecule has 10 heteroatoms. The zero-order valence-electron chi connectivity index (χ0n) is 13.1. The number of carboxylic acids is 1. The number of nitrogens with zero attached hydrogens (tertiary/aromatic N) is 5. The summed E-state index contributed by atoms with van der Waals surface area (Å²) >= 11 is 0. The number of hydrogen-bond donors (Lipinski definition) is 2. The Hall–Kier alpha value is -3.48. The number of carbonyl (C=O) groups excluding carboxylic acids is 1. The molecule has 2 amide bonds. The van der Waals surface area contributed by atoms with Crippen LogP contribution in [0, 0.1) is 17.1 Å². The molecule has 1 aliphatic heterocycles. The van der Waals surface area contributed by atoms with Crippen LogP contribution in [-0.2, 0) is 13.1 Å². The third-order valence-electron chi connectivity index (χ3n) is 3.93. The summed E-state index contributed by atoms with van der Waals surface area (Å²) in [7, 11) is 0. The normalized spacial score (nSPS) is 16.0. The fourth-order valence-corrected chi connectivity index (χ4v) is 2.62. The van der Waals surface area contributed by atoms with E-state index in [9.17, 15) is 14.0 Å². The Labute approximate surface area is 141 Å². The van der Waals surface area contributed by atoms with Crippen molar-refractivity contribution in [3.8, 4) is 6.07 Å². The number of anilines is 1. The molecule has 1 unspecified atom stereocenters. The van der Waals surface area contributed by atoms with E-state index < -0.39 is 17.8 Å². The van der Waals surface area contributed by atoms with Crippen molar-refractivity contribution in [2.75, 3.05) is 5.32 Å². The average molecular weight is 344 g/mol. The molecule has 9 nitrogen and oxygen atoms in total. The van der Waals surface area contributed by atoms with Crippen LogP contribution in [0.15, 0.2) is 18.2 Å². The summed E-state index contributed by atoms with van der Waals surface area (Å²) in [6.45, 7) is 2.11. The largest absolute Gasteiger partial charge is 0.476 e. The maximum atomic E-state index is 13.4. The van der Waals surface area contributed by atoms with Gasteiger partial charge in [0.1, 0.15) is 11.9 Å². The van der Waals surface area contributed by atoms with Gasteiger partial charge in [0, 0.05) is 5.69 Å². The summed E-state index contributed by atoms with van der Waals surface area (Å²) in [5, 5.41) is 28.0. The number of nitriles is 1. The predicted octanol–water partition coefficient (Wildman–Crippen LogP) is 1.42. The zero-order chi connectivity index (χ0) is 18.1. The van der Waals surface area contributed by atoms with E-state index in [0.717, 1.165) is 6.07 Å². The number of amides is 2. The second-order valence-electron chi connectivity index (χ2n) is 5.59. The maximum absolute atomic E-state index is 13.4. The van der Waals surface area contributed by atoms with E-state index in [1.54, 1.807) is 13.0 Å². The van der Waals surface area contributed by atoms with Crippen molar-refractivity contribution in [3.05, 3.63) is 41.0 Å². The van der Waals surface area contributed by atoms with E-state index in [2.05, 4.69) is 15.6 Å². The highest BCUT2D eigenvalue weighted by Gasteiger charge is 2.32. The highest BCUT2D eigenvalue weighted by Crippen LogP contribution is 2.21. The molecule has 1 atom stereocenters. The van der Waals surface area contributed by atoms with Gasteiger partial charge in [-0.3, -0.25) is 0 Å². The molecule has 0 saturated carbocycles. The van der Waals surface area contributed by atoms with Crippen LogP contribution in [0.25, 0.3) is 0 Å². The summed E-state index contributed by atoms with van der Waals surface area (Å²) in [4.78, 5) is 25.1. The second kappa shape index (κ2) is 6.20. The average Bonchev–Trinajstić information content (AvgIpc) is 2.98. The number of carboxylic acid groups (broad SMARTS) is 1. The van der Waals surface area contributed by atoms with E-state index >= 15 is 0 Å². The number of fused-ring (bicyclic) bond motifs is 1. The van der Waals surface area contributed by atoms with E-state index in [0.29, 0.717) is 12.2 Å². The number of urea groups is 1. The monoisotopic (exact) mass is 344 g/mol. The standard InChI is InChI=1S/C15H13FN6O3/c1-8-6-22-12(13(14(23)24)19-20-22)7-21(8)15(25)18-10-2-3-11(16)9(4-10)5-17/h2-4,8H,6-7H2,1H3,(H,18,25)(H,23,24). The van der Waals surface area contributed by atoms with Crippen LogP contribution in [0.1, 0.15) is 28.7 Å². The third-order valence-corrected chi connectivity index (χ3v) is 3.93. The van der Waals surface area contributed by atoms with E-state index in [1.807, 2.05) is 0 Å². The van der Waals surface area contributed by atoms with Crippen LogP contribution in [-0.4, -0.2) is 43.0 Å². The van der Waals surface area contributed by atoms with Gasteiger partial charge >= 0.3 is 12.0 Å². The van der Waals surface area contributed by atoms with Crippen molar-refractivity contribution in [1.29, 1.82) is 5.26 Å². The Bertz CT molecular complexity index is 903. The van der Waals surface area contributed by atoms with Crippen molar-refractivity contribution in [1.82, 2.24) is 19.9 Å². The Morgan fingerprint density at radius 2 is 2.24 bits per heavy atom. The first-order valence-electron chi connectivity index (χ1n) is 7.33. The molecular formula is C15H13FN6O3. The number of carbonyl (C=O) groups is 2. The molecule has 0 radical (unpaired) electrons. The summed E-state index contributed by atoms with van der Waals surface area (Å²) in [6, 6.07) is 4.62. The van der Waals surface area contributed by atoms with Gasteiger partial charge in [-0.15, -0.1) is 5.10 Å². The number of aromatic carboxylic acids is 1. The summed E-state index contributed by atoms with van der Waals surface area (Å²) in [5.41, 5.74) is 0.224. The van der Waals surface area contributed by atoms with Gasteiger partial charge in [0.15, 0.2) is 5.69 Å². The Morgan fingerprint density at radius 1 is 1.48 bits per heavy atom. The Balaban J connectivity index is 1.82. The fourth-order valence-electron chi connectivity index (χ4n) is 2.62. The number of rotatable bonds is 2. The smallest absolute Gasteiger partial charge is 0.358 e. The number of hydrogen-bond acceptors (Lipinski definition) is 5. The van der Waals surface area contributed by atoms with Gasteiger partial charge in [-0.2, -0.15) is 5.26 Å². The second-order valence-corrected chi connectivity index (χ2v) is 5.59. The van der Waals surface area contributed by atoms with Crippen LogP contribution >= 0.6 is 0 Å². The lowest BCUT2D eigenvalue weighted by Crippen LogP contribution is -2.47. The van der Waals surface area contributed by atoms with Gasteiger partial charge in [-0.05, 0) is 25.1 Å². The zero-order valence-corrected chi connectivity index (χ0v) is 13.1. The van der Waals surface area contributed by atoms with Gasteiger partial charge in [0.05, 0.1) is 30.4 Å². The lowest BCUT2D eigenvalue weighted by atomic mass is 10.1. The molecule has 0 bridgehead atoms. The third kappa shape index (κ3) is 2.99. The summed E-state index contributed by atoms with van der Waals surface area (Å²) in [5.74, 6) is -1.89. The summed E-state index contributed by atoms with van der Waals surface area (Å²) in [6.07, 6.45) is 0. The van der Waals surface area contributed by atoms with Crippen molar-refractivity contribution in [2.24, 2.45) is 0 Å². The first-order valence-corrected chi connectivity index (χ1v) is 7.33. The lowest BCUT2D eigenvalue weighted by molar-refractivity contribution is 0.0685. The molecule has 3 rings (SSSR count). The molecule has 2 heterocycles. The van der Waals surface area contributed by atoms with Crippen LogP contribution in [0.3, 0.4) is 0 Å². The lowest BCUT2D eigenvalue weighted by Gasteiger charge is -2.33. The molecule has 128 valence electrons. The van der Waals surface area contributed by atoms with E-state index in [-0.39, 0.29) is 29.5 Å². The van der Waals surface area contributed by atoms with Crippen molar-refractivity contribution in [3.63, 3.8) is 0 Å². The topological polar surface area (TPSA) is 124 Å². The SMILES string of the molecule is CC1Cn2nnc(C(=O)O)c2CN1C(=O)Nc1ccc(F)c(C#N)c1. The minimum atomic E-state index is -1.21. The van der Waals surface area contributed by atoms with Gasteiger partial charge < -0.3 is 15.3 Å². The van der Waals surface area contributed by atoms with Crippen LogP contribution in [0.5, 0.6) is 0 Å². The van der Waals surface area contributed by atoms with Crippen LogP contribution in [0.4, 0.5) is 14.9 Å². The number of nitrogens with one attached hydrogen (secondary N) is 1. The molecule has 1 aromatic carbocycles. The highest BCUT2D eigenvalue weighted by atomic mass is 19.1. The molecule has 0 aliphatic carbocycles. The quantitative estimate of drug-likeness (QED) is 0.849. The number of aromatic nitrogens is 3. The van der Waals surface area contributed by atoms with Crippen molar-refractivity contribution in [2.45, 2.75) is 26.1 Å². The molecule has 25 heavy (non-hydrogen) atoms. The van der Waals surface area contributed by atoms with Crippen LogP contribution < -0.4 is 5.32 Å². The molecule has 0 spiro atoms. The van der Waals surface area contributed by atoms with Crippen molar-refractivity contribution >= 4 is 17.7 Å². The fraction of sp³-hybridized carbons (Fsp3) is 0.267. The molecular weight excluding hydrogens is 331 g/mol. The molecule has 1 aromatic heterocycles. The molecule has 2 aromatic rings. The van der Waals surface area contributed by atoms with Gasteiger partial charge in [-0.25, -0.2) is 18.7 Å². The van der Waals surface area contributed by atoms with Crippen molar-refractivity contribution < 1.29 is 19.1 Å². The predicted molar refractivity (Wildman–Crippen MR) is 82.1 cm³/mol. The number of halogens is 1. The summed E-state index contributed by atoms with van der Waals surface area (Å²) < 4.78 is 14.8. The molecule has 2 N–H and O–H groups in total. The first-order chi connectivity index (χ1) is 11.9. The Morgan fingerprint density at radius 3 is 2.92 bits per heavy atom. The van der Waals surface area contributed by atoms with Gasteiger partial charge in [0.25, 0.3) is 0 Å². The first kappa shape index (κ1) is 16.4. The number of benzene rings is 1. The maximum Gasteiger partial charge on any atom is 0.358 e. The minimum absolute atomic E-state index is 0.0218. The van der Waals surface area contributed by atoms with Crippen LogP contribution in [0.2, 0.25) is 0 Å². The molecule has 0 saturated heterocycles. The minimum Gasteiger partial charge on any atom is -0.476 e. The molecule has 0 fully saturated rings.